The average Bonchev–Trinajstić information content (AvgIpc) is 2.17. The van der Waals surface area contributed by atoms with Gasteiger partial charge in [0.05, 0.1) is 0 Å². The minimum Gasteiger partial charge on any atom is -0.0536 e. The van der Waals surface area contributed by atoms with Crippen molar-refractivity contribution in [3.8, 4) is 11.1 Å². The van der Waals surface area contributed by atoms with Crippen LogP contribution in [0.3, 0.4) is 0 Å². The van der Waals surface area contributed by atoms with E-state index < -0.39 is 0 Å². The number of hydrogen-bond acceptors (Lipinski definition) is 0. The summed E-state index contributed by atoms with van der Waals surface area (Å²) in [6.07, 6.45) is 0. The Morgan fingerprint density at radius 3 is 2.53 bits per heavy atom. The Labute approximate surface area is 119 Å². The summed E-state index contributed by atoms with van der Waals surface area (Å²) >= 11 is 9.28. The van der Waals surface area contributed by atoms with E-state index in [-0.39, 0.29) is 0 Å². The topological polar surface area (TPSA) is 0 Å². The monoisotopic (exact) mass is 435 g/mol. The van der Waals surface area contributed by atoms with Crippen LogP contribution in [0.1, 0.15) is 0 Å². The molecule has 15 heavy (non-hydrogen) atoms. The van der Waals surface area contributed by atoms with Crippen molar-refractivity contribution in [1.82, 2.24) is 0 Å². The third-order valence-electron chi connectivity index (χ3n) is 2.01. The van der Waals surface area contributed by atoms with Gasteiger partial charge in [0.25, 0.3) is 0 Å². The van der Waals surface area contributed by atoms with Gasteiger partial charge in [-0.3, -0.25) is 0 Å². The van der Waals surface area contributed by atoms with Crippen molar-refractivity contribution < 1.29 is 0 Å². The molecule has 0 atom stereocenters. The second-order valence-corrected chi connectivity index (χ2v) is 5.98. The Morgan fingerprint density at radius 1 is 1.07 bits per heavy atom. The van der Waals surface area contributed by atoms with Gasteiger partial charge in [-0.15, -0.1) is 0 Å². The van der Waals surface area contributed by atoms with Gasteiger partial charge in [-0.25, -0.2) is 0 Å². The average molecular weight is 437 g/mol. The van der Waals surface area contributed by atoms with Crippen molar-refractivity contribution in [2.45, 2.75) is 0 Å². The lowest BCUT2D eigenvalue weighted by Crippen LogP contribution is -1.81. The number of hydrogen-bond donors (Lipinski definition) is 0. The highest BCUT2D eigenvalue weighted by Crippen LogP contribution is 2.31. The summed E-state index contributed by atoms with van der Waals surface area (Å²) in [5, 5.41) is 0. The molecule has 0 spiro atoms. The van der Waals surface area contributed by atoms with Gasteiger partial charge in [0.15, 0.2) is 0 Å². The number of benzene rings is 2. The molecule has 0 fully saturated rings. The molecule has 0 heterocycles. The van der Waals surface area contributed by atoms with E-state index in [0.29, 0.717) is 0 Å². The fraction of sp³-hybridized carbons (Fsp3) is 0. The lowest BCUT2D eigenvalue weighted by atomic mass is 10.1. The van der Waals surface area contributed by atoms with Crippen molar-refractivity contribution in [2.75, 3.05) is 0 Å². The van der Waals surface area contributed by atoms with Gasteiger partial charge < -0.3 is 0 Å². The van der Waals surface area contributed by atoms with Crippen LogP contribution in [0.4, 0.5) is 0 Å². The van der Waals surface area contributed by atoms with Crippen LogP contribution in [0.5, 0.6) is 0 Å². The zero-order chi connectivity index (χ0) is 10.8. The molecular weight excluding hydrogens is 431 g/mol. The molecule has 0 bridgehead atoms. The van der Waals surface area contributed by atoms with Crippen LogP contribution < -0.4 is 0 Å². The van der Waals surface area contributed by atoms with Gasteiger partial charge in [0.1, 0.15) is 0 Å². The Kier molecular flexibility index (Phi) is 3.85. The third-order valence-corrected chi connectivity index (χ3v) is 3.78. The van der Waals surface area contributed by atoms with Crippen molar-refractivity contribution in [2.24, 2.45) is 0 Å². The highest BCUT2D eigenvalue weighted by atomic mass is 127. The van der Waals surface area contributed by atoms with Crippen molar-refractivity contribution in [1.29, 1.82) is 0 Å². The van der Waals surface area contributed by atoms with Gasteiger partial charge in [-0.1, -0.05) is 50.1 Å². The zero-order valence-corrected chi connectivity index (χ0v) is 12.9. The maximum absolute atomic E-state index is 3.57. The first-order valence-electron chi connectivity index (χ1n) is 4.29. The normalized spacial score (nSPS) is 10.3. The predicted molar refractivity (Wildman–Crippen MR) is 78.8 cm³/mol. The molecule has 2 aromatic carbocycles. The van der Waals surface area contributed by atoms with Crippen LogP contribution in [-0.2, 0) is 0 Å². The molecular formula is C12H6Br2I. The fourth-order valence-corrected chi connectivity index (χ4v) is 3.12. The highest BCUT2D eigenvalue weighted by Gasteiger charge is 2.03. The van der Waals surface area contributed by atoms with Gasteiger partial charge in [0.2, 0.25) is 0 Å². The molecule has 2 rings (SSSR count). The summed E-state index contributed by atoms with van der Waals surface area (Å²) in [5.41, 5.74) is 2.41. The molecule has 0 aliphatic carbocycles. The van der Waals surface area contributed by atoms with Gasteiger partial charge in [-0.05, 0) is 58.0 Å². The Balaban J connectivity index is 2.54. The molecule has 3 heteroatoms. The summed E-state index contributed by atoms with van der Waals surface area (Å²) < 4.78 is 3.30. The Hall–Kier alpha value is 0.130. The zero-order valence-electron chi connectivity index (χ0n) is 7.60. The van der Waals surface area contributed by atoms with E-state index in [4.69, 9.17) is 0 Å². The van der Waals surface area contributed by atoms with E-state index in [1.807, 2.05) is 12.1 Å². The molecule has 0 nitrogen and oxygen atoms in total. The number of rotatable bonds is 1. The van der Waals surface area contributed by atoms with Crippen LogP contribution >= 0.6 is 54.5 Å². The van der Waals surface area contributed by atoms with Crippen molar-refractivity contribution in [3.63, 3.8) is 0 Å². The smallest absolute Gasteiger partial charge is 0.0264 e. The molecule has 75 valence electrons. The first-order valence-corrected chi connectivity index (χ1v) is 6.96. The van der Waals surface area contributed by atoms with Crippen molar-refractivity contribution >= 4 is 54.5 Å². The lowest BCUT2D eigenvalue weighted by Gasteiger charge is -2.05. The molecule has 0 N–H and O–H groups in total. The van der Waals surface area contributed by atoms with Crippen LogP contribution in [0.15, 0.2) is 45.3 Å². The predicted octanol–water partition coefficient (Wildman–Crippen LogP) is 5.28. The molecule has 1 radical (unpaired) electrons. The standard InChI is InChI=1S/C12H6Br2I/c13-9-4-5-11(12(14)7-9)8-2-1-3-10(15)6-8/h1-2,4-7H. The van der Waals surface area contributed by atoms with Crippen molar-refractivity contribution in [3.05, 3.63) is 55.0 Å². The maximum atomic E-state index is 3.57. The minimum absolute atomic E-state index is 1.08. The summed E-state index contributed by atoms with van der Waals surface area (Å²) in [7, 11) is 0. The molecule has 2 aromatic rings. The van der Waals surface area contributed by atoms with E-state index in [9.17, 15) is 0 Å². The SMILES string of the molecule is Brc1ccc(-c2cc[c]c(I)c2)c(Br)c1. The summed E-state index contributed by atoms with van der Waals surface area (Å²) in [6, 6.07) is 15.5. The summed E-state index contributed by atoms with van der Waals surface area (Å²) in [5.74, 6) is 0. The van der Waals surface area contributed by atoms with E-state index in [1.165, 1.54) is 11.1 Å². The van der Waals surface area contributed by atoms with Crippen LogP contribution in [-0.4, -0.2) is 0 Å². The van der Waals surface area contributed by atoms with E-state index in [1.54, 1.807) is 0 Å². The van der Waals surface area contributed by atoms with Gasteiger partial charge in [0, 0.05) is 12.5 Å². The molecule has 0 aromatic heterocycles. The van der Waals surface area contributed by atoms with E-state index in [0.717, 1.165) is 12.5 Å². The molecule has 0 amide bonds. The summed E-state index contributed by atoms with van der Waals surface area (Å²) in [4.78, 5) is 0. The molecule has 0 aliphatic heterocycles. The lowest BCUT2D eigenvalue weighted by molar-refractivity contribution is 1.54. The highest BCUT2D eigenvalue weighted by molar-refractivity contribution is 14.1. The molecule has 0 saturated heterocycles. The quantitative estimate of drug-likeness (QED) is 0.533. The Morgan fingerprint density at radius 2 is 1.87 bits per heavy atom. The van der Waals surface area contributed by atoms with Gasteiger partial charge >= 0.3 is 0 Å². The maximum Gasteiger partial charge on any atom is 0.0264 e. The number of halogens is 3. The minimum atomic E-state index is 1.08. The molecule has 0 unspecified atom stereocenters. The second kappa shape index (κ2) is 4.97. The first kappa shape index (κ1) is 11.6. The largest absolute Gasteiger partial charge is 0.0536 e. The van der Waals surface area contributed by atoms with Gasteiger partial charge in [-0.2, -0.15) is 0 Å². The molecule has 0 saturated carbocycles. The third kappa shape index (κ3) is 2.82. The molecule has 0 aliphatic rings. The second-order valence-electron chi connectivity index (χ2n) is 3.05. The Bertz CT molecular complexity index is 495. The van der Waals surface area contributed by atoms with Crippen LogP contribution in [0, 0.1) is 9.64 Å². The first-order chi connectivity index (χ1) is 7.16. The van der Waals surface area contributed by atoms with E-state index >= 15 is 0 Å². The summed E-state index contributed by atoms with van der Waals surface area (Å²) in [6.45, 7) is 0. The van der Waals surface area contributed by atoms with E-state index in [2.05, 4.69) is 84.8 Å². The van der Waals surface area contributed by atoms with Crippen LogP contribution in [0.25, 0.3) is 11.1 Å². The van der Waals surface area contributed by atoms with Crippen LogP contribution in [0.2, 0.25) is 0 Å². The fourth-order valence-electron chi connectivity index (χ4n) is 1.33.